The molecule has 6 heteroatoms. The Morgan fingerprint density at radius 3 is 2.68 bits per heavy atom. The lowest BCUT2D eigenvalue weighted by Crippen LogP contribution is -2.55. The van der Waals surface area contributed by atoms with Gasteiger partial charge in [-0.15, -0.1) is 0 Å². The summed E-state index contributed by atoms with van der Waals surface area (Å²) >= 11 is 0. The zero-order chi connectivity index (χ0) is 14.5. The summed E-state index contributed by atoms with van der Waals surface area (Å²) in [6.45, 7) is 7.83. The van der Waals surface area contributed by atoms with Crippen molar-refractivity contribution in [2.75, 3.05) is 33.4 Å². The van der Waals surface area contributed by atoms with Crippen LogP contribution in [0.1, 0.15) is 27.2 Å². The van der Waals surface area contributed by atoms with E-state index in [9.17, 15) is 4.79 Å². The van der Waals surface area contributed by atoms with Gasteiger partial charge in [-0.3, -0.25) is 4.90 Å². The molecule has 1 saturated heterocycles. The molecule has 0 bridgehead atoms. The number of aliphatic hydroxyl groups excluding tert-OH is 1. The highest BCUT2D eigenvalue weighted by Crippen LogP contribution is 2.15. The molecule has 1 amide bonds. The van der Waals surface area contributed by atoms with Gasteiger partial charge >= 0.3 is 6.09 Å². The van der Waals surface area contributed by atoms with Gasteiger partial charge in [0, 0.05) is 26.7 Å². The normalized spacial score (nSPS) is 25.1. The van der Waals surface area contributed by atoms with Gasteiger partial charge in [-0.25, -0.2) is 4.79 Å². The minimum Gasteiger partial charge on any atom is -0.444 e. The van der Waals surface area contributed by atoms with Gasteiger partial charge in [0.05, 0.1) is 18.8 Å². The predicted molar refractivity (Wildman–Crippen MR) is 72.1 cm³/mol. The quantitative estimate of drug-likeness (QED) is 0.785. The third kappa shape index (κ3) is 5.76. The van der Waals surface area contributed by atoms with Crippen LogP contribution in [-0.2, 0) is 9.47 Å². The topological polar surface area (TPSA) is 71.0 Å². The molecular weight excluding hydrogens is 248 g/mol. The maximum Gasteiger partial charge on any atom is 0.407 e. The van der Waals surface area contributed by atoms with Crippen LogP contribution in [0.5, 0.6) is 0 Å². The fourth-order valence-electron chi connectivity index (χ4n) is 2.19. The number of β-amino-alcohol motifs (C(OH)–C–C–N with tert-alkyl or cyclic N) is 1. The van der Waals surface area contributed by atoms with Gasteiger partial charge in [-0.2, -0.15) is 0 Å². The molecule has 2 N–H and O–H groups in total. The van der Waals surface area contributed by atoms with Gasteiger partial charge in [0.2, 0.25) is 0 Å². The largest absolute Gasteiger partial charge is 0.444 e. The van der Waals surface area contributed by atoms with Crippen LogP contribution in [0.3, 0.4) is 0 Å². The highest BCUT2D eigenvalue weighted by molar-refractivity contribution is 5.68. The Balaban J connectivity index is 2.47. The van der Waals surface area contributed by atoms with E-state index in [1.807, 2.05) is 20.8 Å². The molecule has 0 saturated carbocycles. The molecule has 0 aromatic heterocycles. The molecular formula is C13H26N2O4. The van der Waals surface area contributed by atoms with Crippen molar-refractivity contribution < 1.29 is 19.4 Å². The van der Waals surface area contributed by atoms with Crippen LogP contribution in [0.2, 0.25) is 0 Å². The molecule has 0 aromatic rings. The summed E-state index contributed by atoms with van der Waals surface area (Å²) < 4.78 is 10.7. The van der Waals surface area contributed by atoms with Crippen LogP contribution >= 0.6 is 0 Å². The average Bonchev–Trinajstić information content (AvgIpc) is 2.29. The summed E-state index contributed by atoms with van der Waals surface area (Å²) in [5.41, 5.74) is -0.496. The van der Waals surface area contributed by atoms with Gasteiger partial charge in [-0.1, -0.05) is 0 Å². The lowest BCUT2D eigenvalue weighted by molar-refractivity contribution is -0.00565. The number of piperidine rings is 1. The molecule has 1 aliphatic heterocycles. The van der Waals surface area contributed by atoms with Gasteiger partial charge in [0.25, 0.3) is 0 Å². The number of carbonyl (C=O) groups excluding carboxylic acids is 1. The first-order valence-electron chi connectivity index (χ1n) is 6.71. The van der Waals surface area contributed by atoms with Crippen molar-refractivity contribution in [2.24, 2.45) is 0 Å². The fourth-order valence-corrected chi connectivity index (χ4v) is 2.19. The smallest absolute Gasteiger partial charge is 0.407 e. The monoisotopic (exact) mass is 274 g/mol. The summed E-state index contributed by atoms with van der Waals surface area (Å²) in [4.78, 5) is 13.9. The third-order valence-corrected chi connectivity index (χ3v) is 3.06. The number of amides is 1. The third-order valence-electron chi connectivity index (χ3n) is 3.06. The van der Waals surface area contributed by atoms with Crippen LogP contribution < -0.4 is 5.32 Å². The Kier molecular flexibility index (Phi) is 6.03. The first-order chi connectivity index (χ1) is 8.85. The van der Waals surface area contributed by atoms with Crippen LogP contribution in [0.15, 0.2) is 0 Å². The van der Waals surface area contributed by atoms with E-state index in [4.69, 9.17) is 14.6 Å². The summed E-state index contributed by atoms with van der Waals surface area (Å²) in [7, 11) is 1.64. The Bertz CT molecular complexity index is 291. The molecule has 2 atom stereocenters. The van der Waals surface area contributed by atoms with E-state index in [1.165, 1.54) is 0 Å². The number of hydrogen-bond acceptors (Lipinski definition) is 5. The van der Waals surface area contributed by atoms with Crippen molar-refractivity contribution in [3.8, 4) is 0 Å². The van der Waals surface area contributed by atoms with Crippen molar-refractivity contribution in [1.82, 2.24) is 10.2 Å². The van der Waals surface area contributed by atoms with Gasteiger partial charge in [0.1, 0.15) is 5.60 Å². The summed E-state index contributed by atoms with van der Waals surface area (Å²) in [5, 5.41) is 11.8. The Morgan fingerprint density at radius 2 is 2.16 bits per heavy atom. The maximum absolute atomic E-state index is 11.8. The zero-order valence-electron chi connectivity index (χ0n) is 12.3. The van der Waals surface area contributed by atoms with E-state index < -0.39 is 11.7 Å². The minimum atomic E-state index is -0.496. The predicted octanol–water partition coefficient (Wildman–Crippen LogP) is 0.593. The number of hydrogen-bond donors (Lipinski definition) is 2. The van der Waals surface area contributed by atoms with Gasteiger partial charge in [0.15, 0.2) is 0 Å². The molecule has 1 rings (SSSR count). The lowest BCUT2D eigenvalue weighted by Gasteiger charge is -2.37. The zero-order valence-corrected chi connectivity index (χ0v) is 12.3. The van der Waals surface area contributed by atoms with Gasteiger partial charge < -0.3 is 19.9 Å². The fraction of sp³-hybridized carbons (Fsp3) is 0.923. The first-order valence-corrected chi connectivity index (χ1v) is 6.71. The summed E-state index contributed by atoms with van der Waals surface area (Å²) in [6, 6.07) is -0.0465. The molecule has 6 nitrogen and oxygen atoms in total. The average molecular weight is 274 g/mol. The molecule has 0 spiro atoms. The van der Waals surface area contributed by atoms with E-state index in [-0.39, 0.29) is 18.8 Å². The molecule has 0 aliphatic carbocycles. The Labute approximate surface area is 115 Å². The molecule has 1 heterocycles. The number of aliphatic hydroxyl groups is 1. The number of alkyl carbamates (subject to hydrolysis) is 1. The molecule has 19 heavy (non-hydrogen) atoms. The minimum absolute atomic E-state index is 0.0465. The van der Waals surface area contributed by atoms with Gasteiger partial charge in [-0.05, 0) is 27.2 Å². The molecule has 1 aliphatic rings. The Morgan fingerprint density at radius 1 is 1.47 bits per heavy atom. The number of rotatable bonds is 4. The van der Waals surface area contributed by atoms with Crippen molar-refractivity contribution in [3.63, 3.8) is 0 Å². The number of ether oxygens (including phenoxy) is 2. The van der Waals surface area contributed by atoms with Crippen LogP contribution in [0, 0.1) is 0 Å². The number of likely N-dealkylation sites (tertiary alicyclic amines) is 1. The van der Waals surface area contributed by atoms with E-state index in [1.54, 1.807) is 7.11 Å². The number of nitrogens with one attached hydrogen (secondary N) is 1. The standard InChI is InChI=1S/C13H26N2O4/c1-13(2,3)19-12(17)14-10-5-6-15(7-8-16)9-11(10)18-4/h10-11,16H,5-9H2,1-4H3,(H,14,17)/t10-,11+/m1/s1. The number of carbonyl (C=O) groups is 1. The van der Waals surface area contributed by atoms with E-state index in [0.717, 1.165) is 13.0 Å². The molecule has 112 valence electrons. The highest BCUT2D eigenvalue weighted by atomic mass is 16.6. The van der Waals surface area contributed by atoms with Crippen molar-refractivity contribution in [3.05, 3.63) is 0 Å². The second kappa shape index (κ2) is 7.07. The lowest BCUT2D eigenvalue weighted by atomic mass is 10.0. The summed E-state index contributed by atoms with van der Waals surface area (Å²) in [6.07, 6.45) is 0.306. The second-order valence-electron chi connectivity index (χ2n) is 5.84. The number of methoxy groups -OCH3 is 1. The first kappa shape index (κ1) is 16.2. The molecule has 0 unspecified atom stereocenters. The highest BCUT2D eigenvalue weighted by Gasteiger charge is 2.31. The van der Waals surface area contributed by atoms with E-state index >= 15 is 0 Å². The van der Waals surface area contributed by atoms with Crippen molar-refractivity contribution in [1.29, 1.82) is 0 Å². The van der Waals surface area contributed by atoms with Crippen molar-refractivity contribution in [2.45, 2.75) is 44.9 Å². The summed E-state index contributed by atoms with van der Waals surface area (Å²) in [5.74, 6) is 0. The van der Waals surface area contributed by atoms with E-state index in [2.05, 4.69) is 10.2 Å². The molecule has 0 aromatic carbocycles. The second-order valence-corrected chi connectivity index (χ2v) is 5.84. The maximum atomic E-state index is 11.8. The van der Waals surface area contributed by atoms with Crippen molar-refractivity contribution >= 4 is 6.09 Å². The van der Waals surface area contributed by atoms with E-state index in [0.29, 0.717) is 13.1 Å². The number of nitrogens with zero attached hydrogens (tertiary/aromatic N) is 1. The molecule has 0 radical (unpaired) electrons. The van der Waals surface area contributed by atoms with Crippen LogP contribution in [0.25, 0.3) is 0 Å². The SMILES string of the molecule is CO[C@H]1CN(CCO)CC[C@H]1NC(=O)OC(C)(C)C. The van der Waals surface area contributed by atoms with Crippen LogP contribution in [-0.4, -0.2) is 67.2 Å². The van der Waals surface area contributed by atoms with Crippen LogP contribution in [0.4, 0.5) is 4.79 Å². The molecule has 1 fully saturated rings. The Hall–Kier alpha value is -0.850.